The van der Waals surface area contributed by atoms with E-state index in [-0.39, 0.29) is 11.7 Å². The van der Waals surface area contributed by atoms with Gasteiger partial charge in [0.15, 0.2) is 0 Å². The molecule has 9 heteroatoms. The molecule has 0 atom stereocenters. The fraction of sp³-hybridized carbons (Fsp3) is 0.211. The number of ketones is 1. The molecule has 0 N–H and O–H groups in total. The van der Waals surface area contributed by atoms with Gasteiger partial charge in [0.05, 0.1) is 24.4 Å². The maximum atomic E-state index is 11.9. The molecule has 0 saturated heterocycles. The van der Waals surface area contributed by atoms with Crippen molar-refractivity contribution < 1.29 is 14.4 Å². The maximum Gasteiger partial charge on any atom is 0.287 e. The number of rotatable bonds is 4. The summed E-state index contributed by atoms with van der Waals surface area (Å²) in [7, 11) is 3.05. The number of hydrogen-bond donors (Lipinski definition) is 0. The van der Waals surface area contributed by atoms with E-state index in [9.17, 15) is 9.59 Å². The summed E-state index contributed by atoms with van der Waals surface area (Å²) in [6, 6.07) is 9.06. The van der Waals surface area contributed by atoms with Gasteiger partial charge in [-0.05, 0) is 81.1 Å². The molecular weight excluding hydrogens is 528 g/mol. The number of carbonyl (C=O) groups excluding carboxylic acids is 2. The second-order valence-electron chi connectivity index (χ2n) is 5.66. The molecule has 28 heavy (non-hydrogen) atoms. The van der Waals surface area contributed by atoms with Crippen molar-refractivity contribution in [2.24, 2.45) is 0 Å². The van der Waals surface area contributed by atoms with Gasteiger partial charge in [-0.3, -0.25) is 19.4 Å². The van der Waals surface area contributed by atoms with E-state index in [0.29, 0.717) is 10.6 Å². The van der Waals surface area contributed by atoms with Crippen LogP contribution >= 0.6 is 54.5 Å². The summed E-state index contributed by atoms with van der Waals surface area (Å²) in [5.74, 6) is -0.143. The molecule has 0 aromatic carbocycles. The number of pyridine rings is 1. The van der Waals surface area contributed by atoms with Crippen LogP contribution in [0.2, 0.25) is 0 Å². The normalized spacial score (nSPS) is 10.2. The monoisotopic (exact) mass is 544 g/mol. The Hall–Kier alpha value is -1.39. The van der Waals surface area contributed by atoms with Gasteiger partial charge in [-0.15, -0.1) is 22.7 Å². The van der Waals surface area contributed by atoms with Crippen LogP contribution in [0.4, 0.5) is 0 Å². The average molecular weight is 546 g/mol. The van der Waals surface area contributed by atoms with E-state index < -0.39 is 0 Å². The van der Waals surface area contributed by atoms with E-state index in [0.717, 1.165) is 23.6 Å². The molecule has 3 aromatic heterocycles. The van der Waals surface area contributed by atoms with Crippen LogP contribution in [-0.4, -0.2) is 35.9 Å². The summed E-state index contributed by atoms with van der Waals surface area (Å²) < 4.78 is 1.99. The predicted octanol–water partition coefficient (Wildman–Crippen LogP) is 5.90. The smallest absolute Gasteiger partial charge is 0.286 e. The molecule has 5 nitrogen and oxygen atoms in total. The highest BCUT2D eigenvalue weighted by Gasteiger charge is 2.15. The fourth-order valence-corrected chi connectivity index (χ4v) is 4.98. The number of halogens is 2. The molecule has 3 rings (SSSR count). The zero-order valence-corrected chi connectivity index (χ0v) is 20.5. The van der Waals surface area contributed by atoms with Gasteiger partial charge in [-0.1, -0.05) is 6.07 Å². The first kappa shape index (κ1) is 22.9. The molecule has 148 valence electrons. The summed E-state index contributed by atoms with van der Waals surface area (Å²) in [6.45, 7) is 3.92. The highest BCUT2D eigenvalue weighted by molar-refractivity contribution is 9.11. The first-order chi connectivity index (χ1) is 13.2. The number of hydroxylamine groups is 2. The number of hydrogen-bond acceptors (Lipinski definition) is 6. The van der Waals surface area contributed by atoms with Crippen molar-refractivity contribution in [2.45, 2.75) is 13.8 Å². The van der Waals surface area contributed by atoms with Crippen molar-refractivity contribution in [1.82, 2.24) is 10.0 Å². The molecule has 0 unspecified atom stereocenters. The van der Waals surface area contributed by atoms with Crippen LogP contribution in [0.3, 0.4) is 0 Å². The fourth-order valence-electron chi connectivity index (χ4n) is 2.00. The van der Waals surface area contributed by atoms with Gasteiger partial charge in [-0.25, -0.2) is 5.06 Å². The number of nitrogens with zero attached hydrogens (tertiary/aromatic N) is 2. The quantitative estimate of drug-likeness (QED) is 0.302. The zero-order chi connectivity index (χ0) is 20.8. The summed E-state index contributed by atoms with van der Waals surface area (Å²) in [4.78, 5) is 33.7. The predicted molar refractivity (Wildman–Crippen MR) is 120 cm³/mol. The number of thiophene rings is 2. The van der Waals surface area contributed by atoms with Gasteiger partial charge in [0.25, 0.3) is 5.91 Å². The molecule has 0 aliphatic carbocycles. The van der Waals surface area contributed by atoms with E-state index in [4.69, 9.17) is 4.84 Å². The van der Waals surface area contributed by atoms with E-state index in [1.807, 2.05) is 32.0 Å². The van der Waals surface area contributed by atoms with Gasteiger partial charge in [-0.2, -0.15) is 0 Å². The van der Waals surface area contributed by atoms with E-state index in [1.54, 1.807) is 25.4 Å². The topological polar surface area (TPSA) is 59.5 Å². The highest BCUT2D eigenvalue weighted by Crippen LogP contribution is 2.29. The molecule has 3 heterocycles. The molecular formula is C19H18Br2N2O3S2. The van der Waals surface area contributed by atoms with Gasteiger partial charge < -0.3 is 0 Å². The number of carbonyl (C=O) groups is 2. The third kappa shape index (κ3) is 5.81. The number of amides is 1. The molecule has 3 aromatic rings. The second-order valence-corrected chi connectivity index (χ2v) is 10.4. The minimum Gasteiger partial charge on any atom is -0.286 e. The zero-order valence-electron chi connectivity index (χ0n) is 15.7. The second kappa shape index (κ2) is 10.4. The standard InChI is InChI=1S/C11H8BrNOS.C8H10BrNO2S/c1-7-6-9(15-11(7)12)10(14)8-4-2-3-5-13-8;1-5-4-6(13-7(5)9)8(11)10(2)12-3/h2-6H,1H3;4H,1-3H3. The summed E-state index contributed by atoms with van der Waals surface area (Å²) in [5.41, 5.74) is 2.64. The third-order valence-corrected chi connectivity index (χ3v) is 7.87. The molecule has 0 saturated carbocycles. The lowest BCUT2D eigenvalue weighted by atomic mass is 10.2. The lowest BCUT2D eigenvalue weighted by Crippen LogP contribution is -2.24. The van der Waals surface area contributed by atoms with Crippen LogP contribution < -0.4 is 0 Å². The molecule has 0 spiro atoms. The third-order valence-electron chi connectivity index (χ3n) is 3.61. The van der Waals surface area contributed by atoms with Crippen LogP contribution in [-0.2, 0) is 4.84 Å². The van der Waals surface area contributed by atoms with Crippen molar-refractivity contribution in [3.8, 4) is 0 Å². The number of aromatic nitrogens is 1. The molecule has 1 amide bonds. The van der Waals surface area contributed by atoms with Crippen molar-refractivity contribution in [3.63, 3.8) is 0 Å². The van der Waals surface area contributed by atoms with Crippen LogP contribution in [0, 0.1) is 13.8 Å². The Morgan fingerprint density at radius 2 is 1.61 bits per heavy atom. The first-order valence-corrected chi connectivity index (χ1v) is 11.3. The Morgan fingerprint density at radius 1 is 1.04 bits per heavy atom. The van der Waals surface area contributed by atoms with Crippen LogP contribution in [0.1, 0.15) is 36.2 Å². The van der Waals surface area contributed by atoms with Crippen LogP contribution in [0.5, 0.6) is 0 Å². The molecule has 0 bridgehead atoms. The number of aryl methyl sites for hydroxylation is 2. The van der Waals surface area contributed by atoms with E-state index >= 15 is 0 Å². The van der Waals surface area contributed by atoms with E-state index in [2.05, 4.69) is 36.8 Å². The molecule has 0 aliphatic rings. The Morgan fingerprint density at radius 3 is 2.04 bits per heavy atom. The first-order valence-electron chi connectivity index (χ1n) is 8.04. The molecule has 0 fully saturated rings. The average Bonchev–Trinajstić information content (AvgIpc) is 3.22. The minimum atomic E-state index is -0.124. The Labute approximate surface area is 188 Å². The summed E-state index contributed by atoms with van der Waals surface area (Å²) >= 11 is 9.62. The lowest BCUT2D eigenvalue weighted by Gasteiger charge is -2.11. The van der Waals surface area contributed by atoms with Crippen molar-refractivity contribution in [1.29, 1.82) is 0 Å². The summed E-state index contributed by atoms with van der Waals surface area (Å²) in [6.07, 6.45) is 1.63. The highest BCUT2D eigenvalue weighted by atomic mass is 79.9. The van der Waals surface area contributed by atoms with E-state index in [1.165, 1.54) is 34.8 Å². The van der Waals surface area contributed by atoms with Gasteiger partial charge in [0.2, 0.25) is 5.78 Å². The van der Waals surface area contributed by atoms with Gasteiger partial charge in [0, 0.05) is 13.2 Å². The van der Waals surface area contributed by atoms with Crippen molar-refractivity contribution >= 4 is 66.2 Å². The van der Waals surface area contributed by atoms with Crippen molar-refractivity contribution in [3.05, 3.63) is 70.7 Å². The maximum absolute atomic E-state index is 11.9. The Bertz CT molecular complexity index is 932. The molecule has 0 aliphatic heterocycles. The Kier molecular flexibility index (Phi) is 8.51. The van der Waals surface area contributed by atoms with Crippen LogP contribution in [0.25, 0.3) is 0 Å². The largest absolute Gasteiger partial charge is 0.287 e. The van der Waals surface area contributed by atoms with Crippen molar-refractivity contribution in [2.75, 3.05) is 14.2 Å². The van der Waals surface area contributed by atoms with Gasteiger partial charge in [0.1, 0.15) is 5.69 Å². The lowest BCUT2D eigenvalue weighted by molar-refractivity contribution is -0.0753. The molecule has 0 radical (unpaired) electrons. The summed E-state index contributed by atoms with van der Waals surface area (Å²) in [5, 5.41) is 1.21. The minimum absolute atomic E-state index is 0.0191. The SMILES string of the molecule is CON(C)C(=O)c1cc(C)c(Br)s1.Cc1cc(C(=O)c2ccccn2)sc1Br. The Balaban J connectivity index is 0.000000203. The van der Waals surface area contributed by atoms with Crippen LogP contribution in [0.15, 0.2) is 44.1 Å². The van der Waals surface area contributed by atoms with Gasteiger partial charge >= 0.3 is 0 Å².